The Labute approximate surface area is 109 Å². The second kappa shape index (κ2) is 6.23. The lowest BCUT2D eigenvalue weighted by Gasteiger charge is -2.00. The Morgan fingerprint density at radius 2 is 2.39 bits per heavy atom. The molecule has 94 valence electrons. The molecule has 0 spiro atoms. The molecule has 1 amide bonds. The number of pyridine rings is 1. The van der Waals surface area contributed by atoms with Crippen molar-refractivity contribution in [2.75, 3.05) is 13.1 Å². The van der Waals surface area contributed by atoms with Crippen LogP contribution in [0, 0.1) is 0 Å². The lowest BCUT2D eigenvalue weighted by molar-refractivity contribution is -0.120. The molecule has 0 unspecified atom stereocenters. The van der Waals surface area contributed by atoms with Crippen molar-refractivity contribution >= 4 is 17.2 Å². The maximum absolute atomic E-state index is 11.5. The van der Waals surface area contributed by atoms with Crippen molar-refractivity contribution < 1.29 is 4.79 Å². The van der Waals surface area contributed by atoms with E-state index in [2.05, 4.69) is 15.3 Å². The molecular weight excluding hydrogens is 248 g/mol. The molecule has 0 aliphatic heterocycles. The quantitative estimate of drug-likeness (QED) is 0.836. The number of hydrogen-bond donors (Lipinski definition) is 2. The molecular formula is C12H14N4OS. The van der Waals surface area contributed by atoms with Crippen molar-refractivity contribution in [2.24, 2.45) is 5.73 Å². The molecule has 5 nitrogen and oxygen atoms in total. The smallest absolute Gasteiger partial charge is 0.226 e. The number of nitrogens with one attached hydrogen (secondary N) is 1. The van der Waals surface area contributed by atoms with Gasteiger partial charge in [-0.2, -0.15) is 0 Å². The summed E-state index contributed by atoms with van der Waals surface area (Å²) in [7, 11) is 0. The standard InChI is InChI=1S/C12H14N4OS/c13-3-5-15-11(17)6-10-8-18-12(16-10)9-2-1-4-14-7-9/h1-2,4,7-8H,3,5-6,13H2,(H,15,17). The van der Waals surface area contributed by atoms with Gasteiger partial charge in [0.15, 0.2) is 0 Å². The van der Waals surface area contributed by atoms with Crippen LogP contribution in [0.15, 0.2) is 29.9 Å². The van der Waals surface area contributed by atoms with Gasteiger partial charge in [0.25, 0.3) is 0 Å². The summed E-state index contributed by atoms with van der Waals surface area (Å²) in [5.41, 5.74) is 7.06. The number of hydrogen-bond acceptors (Lipinski definition) is 5. The SMILES string of the molecule is NCCNC(=O)Cc1csc(-c2cccnc2)n1. The monoisotopic (exact) mass is 262 g/mol. The number of nitrogens with two attached hydrogens (primary N) is 1. The van der Waals surface area contributed by atoms with Crippen LogP contribution in [0.25, 0.3) is 10.6 Å². The first-order valence-corrected chi connectivity index (χ1v) is 6.49. The van der Waals surface area contributed by atoms with E-state index in [-0.39, 0.29) is 12.3 Å². The molecule has 0 saturated heterocycles. The molecule has 0 atom stereocenters. The Bertz CT molecular complexity index is 512. The van der Waals surface area contributed by atoms with Gasteiger partial charge in [-0.1, -0.05) is 0 Å². The summed E-state index contributed by atoms with van der Waals surface area (Å²) in [6.45, 7) is 0.947. The zero-order valence-corrected chi connectivity index (χ0v) is 10.6. The van der Waals surface area contributed by atoms with Crippen LogP contribution < -0.4 is 11.1 Å². The molecule has 2 rings (SSSR count). The first-order chi connectivity index (χ1) is 8.79. The number of carbonyl (C=O) groups excluding carboxylic acids is 1. The normalized spacial score (nSPS) is 10.3. The summed E-state index contributed by atoms with van der Waals surface area (Å²) in [4.78, 5) is 20.0. The van der Waals surface area contributed by atoms with Gasteiger partial charge in [0.2, 0.25) is 5.91 Å². The first-order valence-electron chi connectivity index (χ1n) is 5.61. The first kappa shape index (κ1) is 12.7. The van der Waals surface area contributed by atoms with Gasteiger partial charge in [-0.05, 0) is 12.1 Å². The number of carbonyl (C=O) groups is 1. The van der Waals surface area contributed by atoms with Crippen molar-refractivity contribution in [2.45, 2.75) is 6.42 Å². The second-order valence-corrected chi connectivity index (χ2v) is 4.56. The van der Waals surface area contributed by atoms with Crippen molar-refractivity contribution in [1.29, 1.82) is 0 Å². The van der Waals surface area contributed by atoms with Gasteiger partial charge in [-0.3, -0.25) is 9.78 Å². The van der Waals surface area contributed by atoms with Crippen LogP contribution in [-0.4, -0.2) is 29.0 Å². The van der Waals surface area contributed by atoms with E-state index in [0.717, 1.165) is 16.3 Å². The minimum Gasteiger partial charge on any atom is -0.354 e. The lowest BCUT2D eigenvalue weighted by atomic mass is 10.3. The van der Waals surface area contributed by atoms with Crippen LogP contribution in [0.5, 0.6) is 0 Å². The fourth-order valence-corrected chi connectivity index (χ4v) is 2.26. The molecule has 0 bridgehead atoms. The van der Waals surface area contributed by atoms with E-state index in [1.165, 1.54) is 11.3 Å². The summed E-state index contributed by atoms with van der Waals surface area (Å²) < 4.78 is 0. The summed E-state index contributed by atoms with van der Waals surface area (Å²) in [6, 6.07) is 3.81. The minimum absolute atomic E-state index is 0.0523. The average Bonchev–Trinajstić information content (AvgIpc) is 2.86. The molecule has 0 radical (unpaired) electrons. The molecule has 2 aromatic rings. The topological polar surface area (TPSA) is 80.9 Å². The highest BCUT2D eigenvalue weighted by molar-refractivity contribution is 7.13. The second-order valence-electron chi connectivity index (χ2n) is 3.70. The van der Waals surface area contributed by atoms with Crippen molar-refractivity contribution in [1.82, 2.24) is 15.3 Å². The number of amides is 1. The van der Waals surface area contributed by atoms with Crippen molar-refractivity contribution in [3.63, 3.8) is 0 Å². The molecule has 0 aliphatic carbocycles. The molecule has 2 heterocycles. The molecule has 0 aliphatic rings. The van der Waals surface area contributed by atoms with Crippen LogP contribution in [0.1, 0.15) is 5.69 Å². The fraction of sp³-hybridized carbons (Fsp3) is 0.250. The van der Waals surface area contributed by atoms with Gasteiger partial charge in [0, 0.05) is 36.4 Å². The highest BCUT2D eigenvalue weighted by atomic mass is 32.1. The minimum atomic E-state index is -0.0523. The Morgan fingerprint density at radius 3 is 3.11 bits per heavy atom. The zero-order valence-electron chi connectivity index (χ0n) is 9.80. The van der Waals surface area contributed by atoms with Crippen molar-refractivity contribution in [3.8, 4) is 10.6 Å². The van der Waals surface area contributed by atoms with E-state index in [9.17, 15) is 4.79 Å². The Kier molecular flexibility index (Phi) is 4.38. The third-order valence-electron chi connectivity index (χ3n) is 2.27. The van der Waals surface area contributed by atoms with Crippen molar-refractivity contribution in [3.05, 3.63) is 35.6 Å². The average molecular weight is 262 g/mol. The number of thiazole rings is 1. The summed E-state index contributed by atoms with van der Waals surface area (Å²) in [5.74, 6) is -0.0523. The largest absolute Gasteiger partial charge is 0.354 e. The van der Waals surface area contributed by atoms with E-state index in [1.807, 2.05) is 17.5 Å². The maximum Gasteiger partial charge on any atom is 0.226 e. The van der Waals surface area contributed by atoms with Gasteiger partial charge >= 0.3 is 0 Å². The Morgan fingerprint density at radius 1 is 1.50 bits per heavy atom. The van der Waals surface area contributed by atoms with E-state index in [0.29, 0.717) is 13.1 Å². The Balaban J connectivity index is 2.00. The molecule has 0 fully saturated rings. The fourth-order valence-electron chi connectivity index (χ4n) is 1.45. The molecule has 6 heteroatoms. The maximum atomic E-state index is 11.5. The van der Waals surface area contributed by atoms with Crippen LogP contribution in [-0.2, 0) is 11.2 Å². The molecule has 0 aromatic carbocycles. The number of rotatable bonds is 5. The van der Waals surface area contributed by atoms with Gasteiger partial charge in [0.05, 0.1) is 12.1 Å². The van der Waals surface area contributed by atoms with E-state index in [4.69, 9.17) is 5.73 Å². The summed E-state index contributed by atoms with van der Waals surface area (Å²) in [5, 5.41) is 5.49. The Hall–Kier alpha value is -1.79. The molecule has 3 N–H and O–H groups in total. The molecule has 2 aromatic heterocycles. The van der Waals surface area contributed by atoms with Gasteiger partial charge in [-0.25, -0.2) is 4.98 Å². The highest BCUT2D eigenvalue weighted by Crippen LogP contribution is 2.22. The van der Waals surface area contributed by atoms with Crippen LogP contribution in [0.4, 0.5) is 0 Å². The van der Waals surface area contributed by atoms with Gasteiger partial charge in [-0.15, -0.1) is 11.3 Å². The van der Waals surface area contributed by atoms with E-state index in [1.54, 1.807) is 12.4 Å². The number of aromatic nitrogens is 2. The predicted octanol–water partition coefficient (Wildman–Crippen LogP) is 0.823. The van der Waals surface area contributed by atoms with Crippen LogP contribution in [0.2, 0.25) is 0 Å². The molecule has 18 heavy (non-hydrogen) atoms. The zero-order chi connectivity index (χ0) is 12.8. The highest BCUT2D eigenvalue weighted by Gasteiger charge is 2.08. The number of nitrogens with zero attached hydrogens (tertiary/aromatic N) is 2. The summed E-state index contributed by atoms with van der Waals surface area (Å²) in [6.07, 6.45) is 3.77. The summed E-state index contributed by atoms with van der Waals surface area (Å²) >= 11 is 1.51. The van der Waals surface area contributed by atoms with Crippen LogP contribution in [0.3, 0.4) is 0 Å². The molecule has 0 saturated carbocycles. The third kappa shape index (κ3) is 3.35. The van der Waals surface area contributed by atoms with E-state index >= 15 is 0 Å². The third-order valence-corrected chi connectivity index (χ3v) is 3.21. The lowest BCUT2D eigenvalue weighted by Crippen LogP contribution is -2.30. The van der Waals surface area contributed by atoms with Crippen LogP contribution >= 0.6 is 11.3 Å². The van der Waals surface area contributed by atoms with Gasteiger partial charge in [0.1, 0.15) is 5.01 Å². The van der Waals surface area contributed by atoms with E-state index < -0.39 is 0 Å². The van der Waals surface area contributed by atoms with Gasteiger partial charge < -0.3 is 11.1 Å². The predicted molar refractivity (Wildman–Crippen MR) is 71.1 cm³/mol.